The van der Waals surface area contributed by atoms with Crippen LogP contribution in [0, 0.1) is 5.92 Å². The maximum Gasteiger partial charge on any atom is 0.331 e. The fourth-order valence-corrected chi connectivity index (χ4v) is 3.45. The third kappa shape index (κ3) is 3.54. The molecule has 118 valence electrons. The maximum atomic E-state index is 12.4. The zero-order valence-corrected chi connectivity index (χ0v) is 13.6. The van der Waals surface area contributed by atoms with Gasteiger partial charge in [0.2, 0.25) is 11.8 Å². The average Bonchev–Trinajstić information content (AvgIpc) is 3.20. The molecule has 23 heavy (non-hydrogen) atoms. The molecule has 0 aliphatic carbocycles. The number of urea groups is 1. The number of aliphatic imine (C=N–C) groups is 1. The molecule has 1 atom stereocenters. The molecule has 0 spiro atoms. The molecule has 8 heteroatoms. The van der Waals surface area contributed by atoms with Crippen molar-refractivity contribution in [3.8, 4) is 0 Å². The SMILES string of the molecule is O=C1NC(=O)N(Cc2cccs2)C(=O)C1C=NCc1cccs1. The molecule has 3 rings (SSSR count). The quantitative estimate of drug-likeness (QED) is 0.666. The van der Waals surface area contributed by atoms with Gasteiger partial charge in [-0.15, -0.1) is 22.7 Å². The van der Waals surface area contributed by atoms with E-state index in [0.717, 1.165) is 14.7 Å². The summed E-state index contributed by atoms with van der Waals surface area (Å²) in [4.78, 5) is 43.3. The van der Waals surface area contributed by atoms with E-state index in [9.17, 15) is 14.4 Å². The van der Waals surface area contributed by atoms with E-state index in [1.165, 1.54) is 17.6 Å². The molecule has 1 saturated heterocycles. The summed E-state index contributed by atoms with van der Waals surface area (Å²) in [5.74, 6) is -2.23. The van der Waals surface area contributed by atoms with Gasteiger partial charge in [0.05, 0.1) is 13.1 Å². The number of imide groups is 2. The molecule has 1 N–H and O–H groups in total. The summed E-state index contributed by atoms with van der Waals surface area (Å²) in [6.07, 6.45) is 1.32. The largest absolute Gasteiger partial charge is 0.331 e. The first-order valence-corrected chi connectivity index (χ1v) is 8.62. The number of amides is 4. The van der Waals surface area contributed by atoms with Crippen molar-refractivity contribution in [1.29, 1.82) is 0 Å². The van der Waals surface area contributed by atoms with Crippen LogP contribution in [-0.4, -0.2) is 29.0 Å². The Morgan fingerprint density at radius 3 is 2.48 bits per heavy atom. The minimum absolute atomic E-state index is 0.158. The van der Waals surface area contributed by atoms with Gasteiger partial charge >= 0.3 is 6.03 Å². The lowest BCUT2D eigenvalue weighted by atomic mass is 10.1. The second-order valence-corrected chi connectivity index (χ2v) is 6.91. The summed E-state index contributed by atoms with van der Waals surface area (Å²) >= 11 is 3.00. The number of hydrogen-bond acceptors (Lipinski definition) is 6. The molecule has 1 unspecified atom stereocenters. The number of carbonyl (C=O) groups excluding carboxylic acids is 3. The van der Waals surface area contributed by atoms with Gasteiger partial charge in [-0.25, -0.2) is 4.79 Å². The van der Waals surface area contributed by atoms with E-state index < -0.39 is 23.8 Å². The van der Waals surface area contributed by atoms with E-state index >= 15 is 0 Å². The van der Waals surface area contributed by atoms with Gasteiger partial charge in [0.25, 0.3) is 0 Å². The molecule has 0 radical (unpaired) electrons. The Kier molecular flexibility index (Phi) is 4.63. The summed E-state index contributed by atoms with van der Waals surface area (Å²) in [5.41, 5.74) is 0. The molecule has 0 saturated carbocycles. The average molecular weight is 347 g/mol. The molecule has 1 aliphatic heterocycles. The van der Waals surface area contributed by atoms with Crippen LogP contribution in [0.4, 0.5) is 4.79 Å². The molecule has 1 fully saturated rings. The van der Waals surface area contributed by atoms with Crippen LogP contribution in [0.15, 0.2) is 40.0 Å². The van der Waals surface area contributed by atoms with Crippen molar-refractivity contribution in [3.05, 3.63) is 44.8 Å². The minimum atomic E-state index is -1.06. The zero-order valence-electron chi connectivity index (χ0n) is 12.0. The van der Waals surface area contributed by atoms with Gasteiger partial charge < -0.3 is 0 Å². The molecule has 1 aliphatic rings. The molecule has 3 heterocycles. The fourth-order valence-electron chi connectivity index (χ4n) is 2.12. The molecule has 4 amide bonds. The van der Waals surface area contributed by atoms with E-state index in [0.29, 0.717) is 6.54 Å². The Hall–Kier alpha value is -2.32. The number of hydrogen-bond donors (Lipinski definition) is 1. The van der Waals surface area contributed by atoms with Crippen LogP contribution < -0.4 is 5.32 Å². The van der Waals surface area contributed by atoms with E-state index in [4.69, 9.17) is 0 Å². The Morgan fingerprint density at radius 1 is 1.13 bits per heavy atom. The van der Waals surface area contributed by atoms with Crippen molar-refractivity contribution in [3.63, 3.8) is 0 Å². The highest BCUT2D eigenvalue weighted by Crippen LogP contribution is 2.17. The van der Waals surface area contributed by atoms with Crippen molar-refractivity contribution in [2.45, 2.75) is 13.1 Å². The lowest BCUT2D eigenvalue weighted by Crippen LogP contribution is -2.57. The maximum absolute atomic E-state index is 12.4. The highest BCUT2D eigenvalue weighted by molar-refractivity contribution is 7.10. The van der Waals surface area contributed by atoms with Gasteiger partial charge in [-0.05, 0) is 22.9 Å². The molecular weight excluding hydrogens is 334 g/mol. The predicted octanol–water partition coefficient (Wildman–Crippen LogP) is 2.28. The van der Waals surface area contributed by atoms with Crippen LogP contribution in [0.1, 0.15) is 9.75 Å². The van der Waals surface area contributed by atoms with Crippen molar-refractivity contribution in [2.24, 2.45) is 10.9 Å². The molecule has 6 nitrogen and oxygen atoms in total. The fraction of sp³-hybridized carbons (Fsp3) is 0.200. The zero-order chi connectivity index (χ0) is 16.2. The monoisotopic (exact) mass is 347 g/mol. The summed E-state index contributed by atoms with van der Waals surface area (Å²) in [5, 5.41) is 6.01. The molecule has 0 aromatic carbocycles. The predicted molar refractivity (Wildman–Crippen MR) is 88.4 cm³/mol. The van der Waals surface area contributed by atoms with Gasteiger partial charge in [-0.1, -0.05) is 12.1 Å². The van der Waals surface area contributed by atoms with Crippen molar-refractivity contribution < 1.29 is 14.4 Å². The van der Waals surface area contributed by atoms with Crippen LogP contribution in [0.2, 0.25) is 0 Å². The van der Waals surface area contributed by atoms with Gasteiger partial charge in [0.1, 0.15) is 0 Å². The third-order valence-corrected chi connectivity index (χ3v) is 4.99. The Labute approximate surface area is 140 Å². The number of carbonyl (C=O) groups is 3. The van der Waals surface area contributed by atoms with Crippen molar-refractivity contribution in [1.82, 2.24) is 10.2 Å². The Balaban J connectivity index is 1.71. The number of barbiturate groups is 1. The van der Waals surface area contributed by atoms with Crippen LogP contribution in [0.3, 0.4) is 0 Å². The van der Waals surface area contributed by atoms with E-state index in [1.54, 1.807) is 11.3 Å². The van der Waals surface area contributed by atoms with E-state index in [-0.39, 0.29) is 6.54 Å². The highest BCUT2D eigenvalue weighted by Gasteiger charge is 2.39. The number of thiophene rings is 2. The second-order valence-electron chi connectivity index (χ2n) is 4.84. The summed E-state index contributed by atoms with van der Waals surface area (Å²) in [7, 11) is 0. The number of nitrogens with zero attached hydrogens (tertiary/aromatic N) is 2. The number of nitrogens with one attached hydrogen (secondary N) is 1. The van der Waals surface area contributed by atoms with Gasteiger partial charge in [-0.3, -0.25) is 24.8 Å². The summed E-state index contributed by atoms with van der Waals surface area (Å²) in [6, 6.07) is 6.84. The van der Waals surface area contributed by atoms with Crippen molar-refractivity contribution in [2.75, 3.05) is 0 Å². The van der Waals surface area contributed by atoms with Crippen LogP contribution >= 0.6 is 22.7 Å². The normalized spacial score (nSPS) is 18.7. The molecule has 0 bridgehead atoms. The molecule has 2 aromatic rings. The van der Waals surface area contributed by atoms with Gasteiger partial charge in [0.15, 0.2) is 5.92 Å². The molecular formula is C15H13N3O3S2. The number of rotatable bonds is 5. The smallest absolute Gasteiger partial charge is 0.291 e. The topological polar surface area (TPSA) is 78.8 Å². The summed E-state index contributed by atoms with van der Waals surface area (Å²) in [6.45, 7) is 0.568. The van der Waals surface area contributed by atoms with Crippen LogP contribution in [-0.2, 0) is 22.7 Å². The van der Waals surface area contributed by atoms with Gasteiger partial charge in [-0.2, -0.15) is 0 Å². The second kappa shape index (κ2) is 6.84. The summed E-state index contributed by atoms with van der Waals surface area (Å²) < 4.78 is 0. The highest BCUT2D eigenvalue weighted by atomic mass is 32.1. The standard InChI is InChI=1S/C15H13N3O3S2/c19-13-12(8-16-7-10-3-1-5-22-10)14(20)18(15(21)17-13)9-11-4-2-6-23-11/h1-6,8,12H,7,9H2,(H,17,19,21). The van der Waals surface area contributed by atoms with E-state index in [1.807, 2.05) is 35.0 Å². The van der Waals surface area contributed by atoms with E-state index in [2.05, 4.69) is 10.3 Å². The van der Waals surface area contributed by atoms with Crippen LogP contribution in [0.25, 0.3) is 0 Å². The van der Waals surface area contributed by atoms with Crippen LogP contribution in [0.5, 0.6) is 0 Å². The first-order valence-electron chi connectivity index (χ1n) is 6.86. The first kappa shape index (κ1) is 15.6. The Bertz CT molecular complexity index is 738. The first-order chi connectivity index (χ1) is 11.1. The molecule has 2 aromatic heterocycles. The third-order valence-electron chi connectivity index (χ3n) is 3.27. The van der Waals surface area contributed by atoms with Gasteiger partial charge in [0, 0.05) is 16.0 Å². The van der Waals surface area contributed by atoms with Crippen molar-refractivity contribution >= 4 is 46.7 Å². The minimum Gasteiger partial charge on any atom is -0.291 e. The lowest BCUT2D eigenvalue weighted by Gasteiger charge is -2.28. The Morgan fingerprint density at radius 2 is 1.83 bits per heavy atom. The lowest BCUT2D eigenvalue weighted by molar-refractivity contribution is -0.139.